The molecule has 5 nitrogen and oxygen atoms in total. The van der Waals surface area contributed by atoms with Crippen LogP contribution in [0.3, 0.4) is 0 Å². The molecule has 1 saturated heterocycles. The number of guanidine groups is 1. The molecule has 1 fully saturated rings. The maximum atomic E-state index is 5.43. The molecule has 2 heterocycles. The zero-order chi connectivity index (χ0) is 16.2. The third-order valence-corrected chi connectivity index (χ3v) is 4.51. The lowest BCUT2D eigenvalue weighted by molar-refractivity contribution is 0.174. The van der Waals surface area contributed by atoms with Crippen molar-refractivity contribution in [3.8, 4) is 11.5 Å². The van der Waals surface area contributed by atoms with Crippen LogP contribution in [0, 0.1) is 11.8 Å². The number of rotatable bonds is 3. The minimum absolute atomic E-state index is 0.328. The topological polar surface area (TPSA) is 46.1 Å². The molecule has 5 heteroatoms. The highest BCUT2D eigenvalue weighted by Crippen LogP contribution is 2.32. The van der Waals surface area contributed by atoms with Gasteiger partial charge in [0.1, 0.15) is 0 Å². The highest BCUT2D eigenvalue weighted by Gasteiger charge is 2.23. The molecule has 0 saturated carbocycles. The predicted molar refractivity (Wildman–Crippen MR) is 92.1 cm³/mol. The van der Waals surface area contributed by atoms with Crippen molar-refractivity contribution >= 4 is 5.96 Å². The molecule has 0 aliphatic carbocycles. The second-order valence-electron chi connectivity index (χ2n) is 6.76. The lowest BCUT2D eigenvalue weighted by atomic mass is 9.92. The number of likely N-dealkylation sites (tertiary alicyclic amines) is 1. The molecule has 0 bridgehead atoms. The van der Waals surface area contributed by atoms with Gasteiger partial charge in [-0.05, 0) is 42.4 Å². The van der Waals surface area contributed by atoms with E-state index >= 15 is 0 Å². The molecular weight excluding hydrogens is 290 g/mol. The van der Waals surface area contributed by atoms with Crippen LogP contribution in [0.5, 0.6) is 11.5 Å². The molecule has 1 N–H and O–H groups in total. The van der Waals surface area contributed by atoms with Crippen LogP contribution in [0.25, 0.3) is 0 Å². The molecule has 2 aliphatic rings. The maximum absolute atomic E-state index is 5.43. The van der Waals surface area contributed by atoms with E-state index in [0.29, 0.717) is 6.79 Å². The Hall–Kier alpha value is -1.91. The summed E-state index contributed by atoms with van der Waals surface area (Å²) in [4.78, 5) is 6.84. The van der Waals surface area contributed by atoms with Crippen LogP contribution in [-0.4, -0.2) is 44.3 Å². The third kappa shape index (κ3) is 3.89. The summed E-state index contributed by atoms with van der Waals surface area (Å²) in [6, 6.07) is 6.15. The van der Waals surface area contributed by atoms with Crippen molar-refractivity contribution in [2.75, 3.05) is 33.5 Å². The van der Waals surface area contributed by atoms with Crippen molar-refractivity contribution in [1.82, 2.24) is 10.2 Å². The van der Waals surface area contributed by atoms with Gasteiger partial charge in [0.05, 0.1) is 0 Å². The maximum Gasteiger partial charge on any atom is 0.231 e. The average molecular weight is 317 g/mol. The molecule has 1 aromatic carbocycles. The van der Waals surface area contributed by atoms with Gasteiger partial charge >= 0.3 is 0 Å². The number of piperidine rings is 1. The Morgan fingerprint density at radius 2 is 1.96 bits per heavy atom. The minimum atomic E-state index is 0.328. The van der Waals surface area contributed by atoms with Crippen LogP contribution >= 0.6 is 0 Å². The van der Waals surface area contributed by atoms with Crippen molar-refractivity contribution in [3.05, 3.63) is 23.8 Å². The van der Waals surface area contributed by atoms with Crippen molar-refractivity contribution in [3.63, 3.8) is 0 Å². The fraction of sp³-hybridized carbons (Fsp3) is 0.611. The molecule has 1 aromatic rings. The van der Waals surface area contributed by atoms with Crippen LogP contribution in [0.2, 0.25) is 0 Å². The zero-order valence-electron chi connectivity index (χ0n) is 14.3. The SMILES string of the molecule is CN=C(NCCc1ccc2c(c1)OCO2)N1CC(C)CC(C)C1. The molecule has 126 valence electrons. The Bertz CT molecular complexity index is 563. The molecule has 0 spiro atoms. The van der Waals surface area contributed by atoms with Crippen LogP contribution in [-0.2, 0) is 6.42 Å². The van der Waals surface area contributed by atoms with Gasteiger partial charge in [-0.1, -0.05) is 19.9 Å². The van der Waals surface area contributed by atoms with Gasteiger partial charge in [-0.15, -0.1) is 0 Å². The first-order valence-corrected chi connectivity index (χ1v) is 8.50. The van der Waals surface area contributed by atoms with E-state index < -0.39 is 0 Å². The van der Waals surface area contributed by atoms with E-state index in [9.17, 15) is 0 Å². The number of nitrogens with zero attached hydrogens (tertiary/aromatic N) is 2. The summed E-state index contributed by atoms with van der Waals surface area (Å²) >= 11 is 0. The molecule has 0 radical (unpaired) electrons. The molecule has 2 aliphatic heterocycles. The van der Waals surface area contributed by atoms with Crippen LogP contribution in [0.15, 0.2) is 23.2 Å². The molecular formula is C18H27N3O2. The second kappa shape index (κ2) is 7.11. The van der Waals surface area contributed by atoms with E-state index in [4.69, 9.17) is 9.47 Å². The first-order chi connectivity index (χ1) is 11.2. The van der Waals surface area contributed by atoms with Crippen molar-refractivity contribution in [2.24, 2.45) is 16.8 Å². The summed E-state index contributed by atoms with van der Waals surface area (Å²) in [7, 11) is 1.87. The molecule has 0 amide bonds. The number of nitrogens with one attached hydrogen (secondary N) is 1. The minimum Gasteiger partial charge on any atom is -0.454 e. The zero-order valence-corrected chi connectivity index (χ0v) is 14.3. The van der Waals surface area contributed by atoms with Gasteiger partial charge in [0.2, 0.25) is 6.79 Å². The van der Waals surface area contributed by atoms with Gasteiger partial charge in [0.15, 0.2) is 17.5 Å². The van der Waals surface area contributed by atoms with E-state index in [0.717, 1.165) is 55.3 Å². The van der Waals surface area contributed by atoms with E-state index in [1.807, 2.05) is 13.1 Å². The van der Waals surface area contributed by atoms with Crippen molar-refractivity contribution < 1.29 is 9.47 Å². The Labute approximate surface area is 138 Å². The monoisotopic (exact) mass is 317 g/mol. The fourth-order valence-electron chi connectivity index (χ4n) is 3.58. The summed E-state index contributed by atoms with van der Waals surface area (Å²) in [6.45, 7) is 8.02. The largest absolute Gasteiger partial charge is 0.454 e. The molecule has 2 unspecified atom stereocenters. The fourth-order valence-corrected chi connectivity index (χ4v) is 3.58. The molecule has 2 atom stereocenters. The smallest absolute Gasteiger partial charge is 0.231 e. The number of hydrogen-bond donors (Lipinski definition) is 1. The van der Waals surface area contributed by atoms with E-state index in [-0.39, 0.29) is 0 Å². The number of fused-ring (bicyclic) bond motifs is 1. The number of ether oxygens (including phenoxy) is 2. The van der Waals surface area contributed by atoms with Gasteiger partial charge in [-0.2, -0.15) is 0 Å². The lowest BCUT2D eigenvalue weighted by Gasteiger charge is -2.37. The highest BCUT2D eigenvalue weighted by atomic mass is 16.7. The van der Waals surface area contributed by atoms with Gasteiger partial charge in [-0.3, -0.25) is 4.99 Å². The Morgan fingerprint density at radius 1 is 1.22 bits per heavy atom. The van der Waals surface area contributed by atoms with Crippen LogP contribution < -0.4 is 14.8 Å². The first-order valence-electron chi connectivity index (χ1n) is 8.50. The van der Waals surface area contributed by atoms with Crippen molar-refractivity contribution in [2.45, 2.75) is 26.7 Å². The van der Waals surface area contributed by atoms with Gasteiger partial charge in [0.25, 0.3) is 0 Å². The molecule has 3 rings (SSSR count). The van der Waals surface area contributed by atoms with E-state index in [1.54, 1.807) is 0 Å². The number of benzene rings is 1. The Balaban J connectivity index is 1.52. The summed E-state index contributed by atoms with van der Waals surface area (Å²) in [5.41, 5.74) is 1.25. The van der Waals surface area contributed by atoms with Crippen LogP contribution in [0.4, 0.5) is 0 Å². The average Bonchev–Trinajstić information content (AvgIpc) is 2.98. The van der Waals surface area contributed by atoms with E-state index in [1.165, 1.54) is 12.0 Å². The standard InChI is InChI=1S/C18H27N3O2/c1-13-8-14(2)11-21(10-13)18(19-3)20-7-6-15-4-5-16-17(9-15)23-12-22-16/h4-5,9,13-14H,6-8,10-12H2,1-3H3,(H,19,20). The summed E-state index contributed by atoms with van der Waals surface area (Å²) in [6.07, 6.45) is 2.25. The summed E-state index contributed by atoms with van der Waals surface area (Å²) in [5, 5.41) is 3.50. The van der Waals surface area contributed by atoms with Gasteiger partial charge in [-0.25, -0.2) is 0 Å². The van der Waals surface area contributed by atoms with Gasteiger partial charge in [0, 0.05) is 26.7 Å². The molecule has 0 aromatic heterocycles. The third-order valence-electron chi connectivity index (χ3n) is 4.51. The van der Waals surface area contributed by atoms with E-state index in [2.05, 4.69) is 41.2 Å². The lowest BCUT2D eigenvalue weighted by Crippen LogP contribution is -2.48. The summed E-state index contributed by atoms with van der Waals surface area (Å²) < 4.78 is 10.8. The van der Waals surface area contributed by atoms with Crippen molar-refractivity contribution in [1.29, 1.82) is 0 Å². The highest BCUT2D eigenvalue weighted by molar-refractivity contribution is 5.80. The quantitative estimate of drug-likeness (QED) is 0.687. The normalized spacial score (nSPS) is 24.0. The van der Waals surface area contributed by atoms with Crippen LogP contribution in [0.1, 0.15) is 25.8 Å². The summed E-state index contributed by atoms with van der Waals surface area (Å²) in [5.74, 6) is 4.17. The second-order valence-corrected chi connectivity index (χ2v) is 6.76. The Kier molecular flexibility index (Phi) is 4.94. The predicted octanol–water partition coefficient (Wildman–Crippen LogP) is 2.51. The molecule has 23 heavy (non-hydrogen) atoms. The first kappa shape index (κ1) is 16.0. The van der Waals surface area contributed by atoms with Gasteiger partial charge < -0.3 is 19.7 Å². The Morgan fingerprint density at radius 3 is 2.70 bits per heavy atom. The number of hydrogen-bond acceptors (Lipinski definition) is 3. The number of aliphatic imine (C=N–C) groups is 1.